The zero-order valence-corrected chi connectivity index (χ0v) is 23.4. The molecule has 2 atom stereocenters. The summed E-state index contributed by atoms with van der Waals surface area (Å²) in [4.78, 5) is 76.4. The fraction of sp³-hybridized carbons (Fsp3) is 0.167. The average molecular weight is 632 g/mol. The average Bonchev–Trinajstić information content (AvgIpc) is 3.25. The number of rotatable bonds is 8. The lowest BCUT2D eigenvalue weighted by atomic mass is 9.85. The third-order valence-electron chi connectivity index (χ3n) is 7.05. The second kappa shape index (κ2) is 11.9. The Bertz CT molecular complexity index is 1590. The van der Waals surface area contributed by atoms with Crippen molar-refractivity contribution in [3.8, 4) is 5.75 Å². The van der Waals surface area contributed by atoms with Crippen LogP contribution in [0.2, 0.25) is 0 Å². The molecule has 0 bridgehead atoms. The van der Waals surface area contributed by atoms with Crippen LogP contribution in [-0.4, -0.2) is 51.0 Å². The lowest BCUT2D eigenvalue weighted by molar-refractivity contribution is -0.384. The Labute approximate surface area is 247 Å². The molecule has 0 radical (unpaired) electrons. The number of hydrazine groups is 1. The fourth-order valence-electron chi connectivity index (χ4n) is 4.82. The highest BCUT2D eigenvalue weighted by Crippen LogP contribution is 2.36. The maximum absolute atomic E-state index is 13.6. The van der Waals surface area contributed by atoms with Crippen LogP contribution < -0.4 is 4.74 Å². The number of esters is 1. The second-order valence-corrected chi connectivity index (χ2v) is 10.6. The first-order valence-corrected chi connectivity index (χ1v) is 13.6. The molecule has 1 heterocycles. The molecule has 0 aromatic heterocycles. The zero-order chi connectivity index (χ0) is 30.0. The van der Waals surface area contributed by atoms with E-state index >= 15 is 0 Å². The number of carbonyl (C=O) groups excluding carboxylic acids is 5. The first-order valence-electron chi connectivity index (χ1n) is 12.8. The number of nitro benzene ring substituents is 1. The van der Waals surface area contributed by atoms with Crippen molar-refractivity contribution in [1.82, 2.24) is 10.0 Å². The molecule has 3 aromatic rings. The molecular weight excluding hydrogens is 610 g/mol. The highest BCUT2D eigenvalue weighted by Gasteiger charge is 2.51. The number of carbonyl (C=O) groups is 5. The van der Waals surface area contributed by atoms with Gasteiger partial charge in [0.25, 0.3) is 23.4 Å². The molecule has 2 aliphatic rings. The third kappa shape index (κ3) is 5.75. The molecule has 1 fully saturated rings. The topological polar surface area (TPSA) is 144 Å². The molecule has 1 saturated heterocycles. The lowest BCUT2D eigenvalue weighted by Crippen LogP contribution is -2.52. The molecule has 11 nitrogen and oxygen atoms in total. The van der Waals surface area contributed by atoms with Crippen LogP contribution in [0.15, 0.2) is 89.4 Å². The number of fused-ring (bicyclic) bond motifs is 1. The van der Waals surface area contributed by atoms with Crippen LogP contribution in [0.25, 0.3) is 0 Å². The van der Waals surface area contributed by atoms with Crippen LogP contribution in [0, 0.1) is 22.0 Å². The first kappa shape index (κ1) is 28.6. The van der Waals surface area contributed by atoms with Crippen molar-refractivity contribution >= 4 is 51.1 Å². The smallest absolute Gasteiger partial charge is 0.343 e. The lowest BCUT2D eigenvalue weighted by Gasteiger charge is -2.30. The normalized spacial score (nSPS) is 17.5. The van der Waals surface area contributed by atoms with Crippen molar-refractivity contribution in [3.05, 3.63) is 116 Å². The number of nitro groups is 1. The van der Waals surface area contributed by atoms with Crippen LogP contribution in [0.5, 0.6) is 5.75 Å². The van der Waals surface area contributed by atoms with Gasteiger partial charge in [-0.2, -0.15) is 5.01 Å². The van der Waals surface area contributed by atoms with Crippen LogP contribution in [0.1, 0.15) is 43.9 Å². The van der Waals surface area contributed by atoms with E-state index in [2.05, 4.69) is 15.9 Å². The zero-order valence-electron chi connectivity index (χ0n) is 21.8. The molecular formula is C30H22BrN3O8. The van der Waals surface area contributed by atoms with E-state index in [-0.39, 0.29) is 22.6 Å². The first-order chi connectivity index (χ1) is 20.1. The minimum atomic E-state index is -0.841. The van der Waals surface area contributed by atoms with Crippen molar-refractivity contribution in [1.29, 1.82) is 0 Å². The summed E-state index contributed by atoms with van der Waals surface area (Å²) in [5, 5.41) is 12.6. The molecule has 1 aliphatic heterocycles. The largest absolute Gasteiger partial charge is 0.423 e. The molecule has 212 valence electrons. The van der Waals surface area contributed by atoms with Crippen molar-refractivity contribution < 1.29 is 33.6 Å². The quantitative estimate of drug-likeness (QED) is 0.0657. The number of halogens is 1. The van der Waals surface area contributed by atoms with E-state index in [1.807, 2.05) is 0 Å². The van der Waals surface area contributed by atoms with Gasteiger partial charge in [-0.05, 0) is 73.5 Å². The number of amides is 3. The van der Waals surface area contributed by atoms with Crippen molar-refractivity contribution in [2.45, 2.75) is 12.8 Å². The Morgan fingerprint density at radius 3 is 1.90 bits per heavy atom. The number of ketones is 1. The number of allylic oxidation sites excluding steroid dienone is 2. The summed E-state index contributed by atoms with van der Waals surface area (Å²) in [6.45, 7) is -0.655. The second-order valence-electron chi connectivity index (χ2n) is 9.65. The minimum absolute atomic E-state index is 0.0443. The molecule has 5 rings (SSSR count). The molecule has 3 aromatic carbocycles. The van der Waals surface area contributed by atoms with Gasteiger partial charge in [0.2, 0.25) is 0 Å². The molecule has 0 saturated carbocycles. The Morgan fingerprint density at radius 1 is 0.833 bits per heavy atom. The fourth-order valence-corrected chi connectivity index (χ4v) is 5.08. The molecule has 0 spiro atoms. The SMILES string of the molecule is O=C(CN(C(=O)c1ccc([N+](=O)[O-])cc1)N1C(=O)[C@@H]2CC=CC[C@H]2C1=O)c1ccc(OC(=O)c2ccc(Br)cc2)cc1. The summed E-state index contributed by atoms with van der Waals surface area (Å²) in [7, 11) is 0. The van der Waals surface area contributed by atoms with Crippen LogP contribution in [-0.2, 0) is 9.59 Å². The maximum Gasteiger partial charge on any atom is 0.343 e. The van der Waals surface area contributed by atoms with Gasteiger partial charge < -0.3 is 4.74 Å². The number of hydrogen-bond donors (Lipinski definition) is 0. The number of hydrogen-bond acceptors (Lipinski definition) is 8. The van der Waals surface area contributed by atoms with Gasteiger partial charge >= 0.3 is 5.97 Å². The van der Waals surface area contributed by atoms with E-state index in [4.69, 9.17) is 4.74 Å². The van der Waals surface area contributed by atoms with Crippen LogP contribution >= 0.6 is 15.9 Å². The van der Waals surface area contributed by atoms with Gasteiger partial charge in [0.05, 0.1) is 22.3 Å². The maximum atomic E-state index is 13.6. The Balaban J connectivity index is 1.37. The number of non-ortho nitro benzene ring substituents is 1. The van der Waals surface area contributed by atoms with Gasteiger partial charge in [-0.15, -0.1) is 0 Å². The van der Waals surface area contributed by atoms with E-state index in [1.54, 1.807) is 36.4 Å². The van der Waals surface area contributed by atoms with Crippen molar-refractivity contribution in [3.63, 3.8) is 0 Å². The van der Waals surface area contributed by atoms with Gasteiger partial charge in [-0.1, -0.05) is 28.1 Å². The van der Waals surface area contributed by atoms with Crippen molar-refractivity contribution in [2.24, 2.45) is 11.8 Å². The van der Waals surface area contributed by atoms with E-state index < -0.39 is 52.8 Å². The summed E-state index contributed by atoms with van der Waals surface area (Å²) in [5.41, 5.74) is 0.172. The number of benzene rings is 3. The van der Waals surface area contributed by atoms with Crippen molar-refractivity contribution in [2.75, 3.05) is 6.54 Å². The Hall–Kier alpha value is -4.97. The van der Waals surface area contributed by atoms with Gasteiger partial charge in [0.1, 0.15) is 12.3 Å². The highest BCUT2D eigenvalue weighted by molar-refractivity contribution is 9.10. The van der Waals surface area contributed by atoms with Gasteiger partial charge in [0, 0.05) is 27.7 Å². The summed E-state index contributed by atoms with van der Waals surface area (Å²) >= 11 is 3.30. The van der Waals surface area contributed by atoms with Crippen LogP contribution in [0.4, 0.5) is 5.69 Å². The van der Waals surface area contributed by atoms with E-state index in [9.17, 15) is 34.1 Å². The molecule has 42 heavy (non-hydrogen) atoms. The molecule has 3 amide bonds. The monoisotopic (exact) mass is 631 g/mol. The van der Waals surface area contributed by atoms with Crippen LogP contribution in [0.3, 0.4) is 0 Å². The number of Topliss-reactive ketones (excluding diaryl/α,β-unsaturated/α-hetero) is 1. The highest BCUT2D eigenvalue weighted by atomic mass is 79.9. The van der Waals surface area contributed by atoms with E-state index in [1.165, 1.54) is 36.4 Å². The molecule has 0 unspecified atom stereocenters. The van der Waals surface area contributed by atoms with E-state index in [0.717, 1.165) is 26.6 Å². The summed E-state index contributed by atoms with van der Waals surface area (Å²) in [6.07, 6.45) is 4.27. The molecule has 1 aliphatic carbocycles. The third-order valence-corrected chi connectivity index (χ3v) is 7.57. The Morgan fingerprint density at radius 2 is 1.36 bits per heavy atom. The van der Waals surface area contributed by atoms with Gasteiger partial charge in [-0.25, -0.2) is 9.80 Å². The molecule has 12 heteroatoms. The molecule has 0 N–H and O–H groups in total. The summed E-state index contributed by atoms with van der Waals surface area (Å²) in [6, 6.07) is 16.9. The number of nitrogens with zero attached hydrogens (tertiary/aromatic N) is 3. The van der Waals surface area contributed by atoms with E-state index in [0.29, 0.717) is 18.4 Å². The summed E-state index contributed by atoms with van der Waals surface area (Å²) in [5.74, 6) is -4.33. The standard InChI is InChI=1S/C30H22BrN3O8/c31-21-11-5-20(6-12-21)30(39)42-23-15-9-18(10-16-23)26(35)17-32(27(36)19-7-13-22(14-8-19)34(40)41)33-28(37)24-3-1-2-4-25(24)29(33)38/h1-2,5-16,24-25H,3-4,17H2/t24-,25-/m1/s1. The number of ether oxygens (including phenoxy) is 1. The summed E-state index contributed by atoms with van der Waals surface area (Å²) < 4.78 is 6.16. The predicted molar refractivity (Wildman–Crippen MR) is 151 cm³/mol. The van der Waals surface area contributed by atoms with Gasteiger partial charge in [0.15, 0.2) is 5.78 Å². The Kier molecular flexibility index (Phi) is 8.07. The minimum Gasteiger partial charge on any atom is -0.423 e. The predicted octanol–water partition coefficient (Wildman–Crippen LogP) is 4.77. The van der Waals surface area contributed by atoms with Gasteiger partial charge in [-0.3, -0.25) is 29.3 Å². The number of imide groups is 1.